The van der Waals surface area contributed by atoms with Gasteiger partial charge in [0.05, 0.1) is 0 Å². The van der Waals surface area contributed by atoms with Gasteiger partial charge in [0.25, 0.3) is 0 Å². The molecule has 4 heteroatoms. The molecule has 0 rings (SSSR count). The zero-order valence-corrected chi connectivity index (χ0v) is 10.4. The highest BCUT2D eigenvalue weighted by Crippen LogP contribution is 2.26. The number of hydrogen-bond donors (Lipinski definition) is 0. The van der Waals surface area contributed by atoms with E-state index in [1.165, 1.54) is 13.0 Å². The molecule has 0 amide bonds. The van der Waals surface area contributed by atoms with Crippen molar-refractivity contribution >= 4 is 23.4 Å². The second-order valence-corrected chi connectivity index (χ2v) is 5.00. The summed E-state index contributed by atoms with van der Waals surface area (Å²) in [6, 6.07) is 0. The highest BCUT2D eigenvalue weighted by molar-refractivity contribution is 6.45. The van der Waals surface area contributed by atoms with Crippen LogP contribution in [0.2, 0.25) is 0 Å². The minimum absolute atomic E-state index is 0.0683. The Morgan fingerprint density at radius 3 is 2.13 bits per heavy atom. The number of carbonyl (C=O) groups excluding carboxylic acids is 2. The van der Waals surface area contributed by atoms with Crippen molar-refractivity contribution in [3.05, 3.63) is 12.7 Å². The third kappa shape index (κ3) is 4.04. The monoisotopic (exact) mass is 232 g/mol. The van der Waals surface area contributed by atoms with Crippen LogP contribution in [0, 0.1) is 0 Å². The first kappa shape index (κ1) is 14.2. The smallest absolute Gasteiger partial charge is 0.335 e. The molecule has 0 aliphatic carbocycles. The largest absolute Gasteiger partial charge is 0.458 e. The Balaban J connectivity index is 4.87. The van der Waals surface area contributed by atoms with Gasteiger partial charge in [-0.2, -0.15) is 0 Å². The molecule has 15 heavy (non-hydrogen) atoms. The molecule has 0 saturated carbocycles. The van der Waals surface area contributed by atoms with Crippen LogP contribution in [0.1, 0.15) is 34.1 Å². The molecule has 0 spiro atoms. The maximum atomic E-state index is 11.7. The Bertz CT molecular complexity index is 278. The van der Waals surface area contributed by atoms with Crippen molar-refractivity contribution in [1.29, 1.82) is 0 Å². The average Bonchev–Trinajstić information content (AvgIpc) is 2.00. The van der Waals surface area contributed by atoms with Gasteiger partial charge in [-0.3, -0.25) is 4.79 Å². The molecular formula is C11H17ClO3. The van der Waals surface area contributed by atoms with Crippen LogP contribution in [0.25, 0.3) is 0 Å². The first-order valence-electron chi connectivity index (χ1n) is 4.68. The number of rotatable bonds is 4. The Morgan fingerprint density at radius 1 is 1.40 bits per heavy atom. The summed E-state index contributed by atoms with van der Waals surface area (Å²) >= 11 is 5.94. The second-order valence-electron chi connectivity index (χ2n) is 4.35. The first-order valence-corrected chi connectivity index (χ1v) is 5.05. The molecule has 0 aromatic heterocycles. The Hall–Kier alpha value is -0.830. The topological polar surface area (TPSA) is 43.4 Å². The number of hydrogen-bond acceptors (Lipinski definition) is 3. The maximum absolute atomic E-state index is 11.7. The summed E-state index contributed by atoms with van der Waals surface area (Å²) in [5, 5.41) is 0. The Labute approximate surface area is 95.4 Å². The summed E-state index contributed by atoms with van der Waals surface area (Å²) in [4.78, 5) is 21.4. The van der Waals surface area contributed by atoms with E-state index in [0.717, 1.165) is 0 Å². The van der Waals surface area contributed by atoms with Crippen molar-refractivity contribution in [1.82, 2.24) is 0 Å². The van der Waals surface area contributed by atoms with Crippen molar-refractivity contribution in [3.8, 4) is 0 Å². The lowest BCUT2D eigenvalue weighted by Crippen LogP contribution is -2.44. The normalized spacial score (nSPS) is 15.3. The van der Waals surface area contributed by atoms with Gasteiger partial charge in [0.2, 0.25) is 4.87 Å². The van der Waals surface area contributed by atoms with Crippen LogP contribution in [-0.2, 0) is 14.3 Å². The van der Waals surface area contributed by atoms with Gasteiger partial charge in [0, 0.05) is 6.42 Å². The predicted octanol–water partition coefficient (Wildman–Crippen LogP) is 2.47. The number of ketones is 1. The average molecular weight is 233 g/mol. The minimum Gasteiger partial charge on any atom is -0.458 e. The van der Waals surface area contributed by atoms with Crippen LogP contribution < -0.4 is 0 Å². The molecule has 0 fully saturated rings. The van der Waals surface area contributed by atoms with Gasteiger partial charge in [0.15, 0.2) is 5.78 Å². The Kier molecular flexibility index (Phi) is 4.53. The fourth-order valence-electron chi connectivity index (χ4n) is 0.929. The standard InChI is InChI=1S/C11H17ClO3/c1-6-7-11(12,8(2)13)9(14)15-10(3,4)5/h6H,1,7H2,2-5H3/t11-/m1/s1. The third-order valence-electron chi connectivity index (χ3n) is 1.71. The van der Waals surface area contributed by atoms with E-state index in [1.807, 2.05) is 0 Å². The zero-order valence-electron chi connectivity index (χ0n) is 9.59. The molecule has 0 N–H and O–H groups in total. The third-order valence-corrected chi connectivity index (χ3v) is 2.28. The fourth-order valence-corrected chi connectivity index (χ4v) is 1.08. The quantitative estimate of drug-likeness (QED) is 0.324. The molecule has 0 radical (unpaired) electrons. The minimum atomic E-state index is -1.63. The highest BCUT2D eigenvalue weighted by atomic mass is 35.5. The highest BCUT2D eigenvalue weighted by Gasteiger charge is 2.43. The van der Waals surface area contributed by atoms with Crippen LogP contribution in [0.3, 0.4) is 0 Å². The van der Waals surface area contributed by atoms with Crippen molar-refractivity contribution in [2.75, 3.05) is 0 Å². The van der Waals surface area contributed by atoms with Gasteiger partial charge in [-0.15, -0.1) is 6.58 Å². The molecular weight excluding hydrogens is 216 g/mol. The summed E-state index contributed by atoms with van der Waals surface area (Å²) in [6.45, 7) is 9.88. The van der Waals surface area contributed by atoms with E-state index in [-0.39, 0.29) is 6.42 Å². The lowest BCUT2D eigenvalue weighted by molar-refractivity contribution is -0.159. The molecule has 0 bridgehead atoms. The number of ether oxygens (including phenoxy) is 1. The predicted molar refractivity (Wildman–Crippen MR) is 59.9 cm³/mol. The lowest BCUT2D eigenvalue weighted by atomic mass is 10.00. The van der Waals surface area contributed by atoms with Gasteiger partial charge in [-0.25, -0.2) is 4.79 Å². The number of allylic oxidation sites excluding steroid dienone is 1. The Morgan fingerprint density at radius 2 is 1.87 bits per heavy atom. The van der Waals surface area contributed by atoms with E-state index in [0.29, 0.717) is 0 Å². The van der Waals surface area contributed by atoms with E-state index < -0.39 is 22.2 Å². The molecule has 0 aromatic carbocycles. The van der Waals surface area contributed by atoms with Gasteiger partial charge in [0.1, 0.15) is 5.60 Å². The number of halogens is 1. The number of esters is 1. The summed E-state index contributed by atoms with van der Waals surface area (Å²) in [7, 11) is 0. The summed E-state index contributed by atoms with van der Waals surface area (Å²) in [5.41, 5.74) is -0.659. The van der Waals surface area contributed by atoms with Crippen LogP contribution in [0.4, 0.5) is 0 Å². The second kappa shape index (κ2) is 4.79. The van der Waals surface area contributed by atoms with Gasteiger partial charge in [-0.1, -0.05) is 17.7 Å². The molecule has 0 aliphatic heterocycles. The number of Topliss-reactive ketones (excluding diaryl/α,β-unsaturated/α-hetero) is 1. The van der Waals surface area contributed by atoms with E-state index >= 15 is 0 Å². The SMILES string of the molecule is C=CC[C@@](Cl)(C(C)=O)C(=O)OC(C)(C)C. The summed E-state index contributed by atoms with van der Waals surface area (Å²) in [5.74, 6) is -1.15. The van der Waals surface area contributed by atoms with Crippen LogP contribution >= 0.6 is 11.6 Å². The van der Waals surface area contributed by atoms with Crippen molar-refractivity contribution < 1.29 is 14.3 Å². The summed E-state index contributed by atoms with van der Waals surface area (Å²) < 4.78 is 5.08. The number of carbonyl (C=O) groups is 2. The fraction of sp³-hybridized carbons (Fsp3) is 0.636. The van der Waals surface area contributed by atoms with Crippen LogP contribution in [0.15, 0.2) is 12.7 Å². The van der Waals surface area contributed by atoms with Crippen LogP contribution in [-0.4, -0.2) is 22.2 Å². The zero-order chi connectivity index (χ0) is 12.3. The van der Waals surface area contributed by atoms with Crippen molar-refractivity contribution in [2.45, 2.75) is 44.6 Å². The molecule has 1 atom stereocenters. The molecule has 86 valence electrons. The van der Waals surface area contributed by atoms with Crippen molar-refractivity contribution in [3.63, 3.8) is 0 Å². The van der Waals surface area contributed by atoms with Crippen LogP contribution in [0.5, 0.6) is 0 Å². The van der Waals surface area contributed by atoms with E-state index in [2.05, 4.69) is 6.58 Å². The first-order chi connectivity index (χ1) is 6.63. The maximum Gasteiger partial charge on any atom is 0.335 e. The molecule has 0 aliphatic rings. The molecule has 3 nitrogen and oxygen atoms in total. The van der Waals surface area contributed by atoms with E-state index in [9.17, 15) is 9.59 Å². The van der Waals surface area contributed by atoms with Gasteiger partial charge >= 0.3 is 5.97 Å². The molecule has 0 heterocycles. The van der Waals surface area contributed by atoms with Gasteiger partial charge in [-0.05, 0) is 27.7 Å². The van der Waals surface area contributed by atoms with Gasteiger partial charge < -0.3 is 4.74 Å². The number of alkyl halides is 1. The van der Waals surface area contributed by atoms with E-state index in [4.69, 9.17) is 16.3 Å². The molecule has 0 saturated heterocycles. The van der Waals surface area contributed by atoms with Crippen molar-refractivity contribution in [2.24, 2.45) is 0 Å². The molecule has 0 aromatic rings. The van der Waals surface area contributed by atoms with E-state index in [1.54, 1.807) is 20.8 Å². The molecule has 0 unspecified atom stereocenters. The lowest BCUT2D eigenvalue weighted by Gasteiger charge is -2.27. The summed E-state index contributed by atoms with van der Waals surface area (Å²) in [6.07, 6.45) is 1.50.